The first-order valence-corrected chi connectivity index (χ1v) is 6.05. The van der Waals surface area contributed by atoms with Gasteiger partial charge in [-0.05, 0) is 13.8 Å². The summed E-state index contributed by atoms with van der Waals surface area (Å²) in [5, 5.41) is 13.0. The largest absolute Gasteiger partial charge is 0.390 e. The Morgan fingerprint density at radius 2 is 1.80 bits per heavy atom. The molecule has 0 aromatic heterocycles. The lowest BCUT2D eigenvalue weighted by atomic mass is 10.1. The highest BCUT2D eigenvalue weighted by atomic mass is 16.3. The van der Waals surface area contributed by atoms with Gasteiger partial charge < -0.3 is 10.4 Å². The van der Waals surface area contributed by atoms with E-state index in [0.29, 0.717) is 12.1 Å². The molecule has 2 aliphatic rings. The van der Waals surface area contributed by atoms with Gasteiger partial charge in [-0.1, -0.05) is 0 Å². The van der Waals surface area contributed by atoms with Crippen LogP contribution in [0.15, 0.2) is 0 Å². The molecule has 2 heterocycles. The first kappa shape index (κ1) is 11.3. The van der Waals surface area contributed by atoms with Gasteiger partial charge in [0.25, 0.3) is 0 Å². The second-order valence-electron chi connectivity index (χ2n) is 4.96. The fraction of sp³-hybridized carbons (Fsp3) is 1.00. The van der Waals surface area contributed by atoms with Crippen molar-refractivity contribution in [2.24, 2.45) is 0 Å². The number of nitrogens with zero attached hydrogens (tertiary/aromatic N) is 2. The van der Waals surface area contributed by atoms with Gasteiger partial charge in [0, 0.05) is 51.4 Å². The van der Waals surface area contributed by atoms with E-state index in [9.17, 15) is 5.11 Å². The van der Waals surface area contributed by atoms with Gasteiger partial charge in [-0.25, -0.2) is 0 Å². The van der Waals surface area contributed by atoms with E-state index in [1.807, 2.05) is 0 Å². The van der Waals surface area contributed by atoms with E-state index < -0.39 is 0 Å². The van der Waals surface area contributed by atoms with Crippen molar-refractivity contribution in [3.05, 3.63) is 0 Å². The lowest BCUT2D eigenvalue weighted by Gasteiger charge is -2.40. The van der Waals surface area contributed by atoms with Crippen molar-refractivity contribution in [1.82, 2.24) is 15.1 Å². The predicted molar refractivity (Wildman–Crippen MR) is 60.9 cm³/mol. The highest BCUT2D eigenvalue weighted by Crippen LogP contribution is 2.13. The molecular formula is C11H23N3O. The molecule has 0 aromatic carbocycles. The van der Waals surface area contributed by atoms with Crippen molar-refractivity contribution in [1.29, 1.82) is 0 Å². The minimum atomic E-state index is -0.171. The van der Waals surface area contributed by atoms with Crippen molar-refractivity contribution in [2.75, 3.05) is 39.3 Å². The minimum absolute atomic E-state index is 0.171. The summed E-state index contributed by atoms with van der Waals surface area (Å²) in [7, 11) is 0. The molecule has 0 unspecified atom stereocenters. The van der Waals surface area contributed by atoms with E-state index in [1.54, 1.807) is 0 Å². The Balaban J connectivity index is 1.82. The van der Waals surface area contributed by atoms with Gasteiger partial charge >= 0.3 is 0 Å². The average molecular weight is 213 g/mol. The van der Waals surface area contributed by atoms with Crippen LogP contribution in [0.3, 0.4) is 0 Å². The summed E-state index contributed by atoms with van der Waals surface area (Å²) >= 11 is 0. The topological polar surface area (TPSA) is 38.7 Å². The number of piperazine rings is 1. The maximum atomic E-state index is 9.80. The number of aliphatic hydroxyl groups is 1. The Hall–Kier alpha value is -0.160. The van der Waals surface area contributed by atoms with Crippen LogP contribution >= 0.6 is 0 Å². The number of hydrogen-bond donors (Lipinski definition) is 2. The Kier molecular flexibility index (Phi) is 3.61. The molecule has 2 atom stereocenters. The fourth-order valence-electron chi connectivity index (χ4n) is 2.61. The Bertz CT molecular complexity index is 202. The van der Waals surface area contributed by atoms with Crippen molar-refractivity contribution < 1.29 is 5.11 Å². The van der Waals surface area contributed by atoms with E-state index in [1.165, 1.54) is 0 Å². The molecule has 0 saturated carbocycles. The van der Waals surface area contributed by atoms with E-state index in [4.69, 9.17) is 0 Å². The fourth-order valence-corrected chi connectivity index (χ4v) is 2.61. The second-order valence-corrected chi connectivity index (χ2v) is 4.96. The molecule has 2 saturated heterocycles. The van der Waals surface area contributed by atoms with Crippen LogP contribution in [-0.4, -0.2) is 72.4 Å². The highest BCUT2D eigenvalue weighted by molar-refractivity contribution is 4.90. The molecule has 0 amide bonds. The van der Waals surface area contributed by atoms with Crippen LogP contribution < -0.4 is 5.32 Å². The van der Waals surface area contributed by atoms with Gasteiger partial charge in [-0.3, -0.25) is 9.80 Å². The SMILES string of the molecule is CC(C)N1CCN([C@@H]2CNC[C@H]2O)CC1. The lowest BCUT2D eigenvalue weighted by Crippen LogP contribution is -2.54. The quantitative estimate of drug-likeness (QED) is 0.639. The monoisotopic (exact) mass is 213 g/mol. The lowest BCUT2D eigenvalue weighted by molar-refractivity contribution is 0.0359. The molecule has 15 heavy (non-hydrogen) atoms. The molecule has 2 rings (SSSR count). The van der Waals surface area contributed by atoms with E-state index in [0.717, 1.165) is 39.3 Å². The zero-order valence-electron chi connectivity index (χ0n) is 9.82. The first-order chi connectivity index (χ1) is 7.18. The van der Waals surface area contributed by atoms with E-state index in [-0.39, 0.29) is 6.10 Å². The van der Waals surface area contributed by atoms with Gasteiger partial charge in [0.2, 0.25) is 0 Å². The maximum absolute atomic E-state index is 9.80. The number of rotatable bonds is 2. The molecule has 0 spiro atoms. The van der Waals surface area contributed by atoms with E-state index >= 15 is 0 Å². The third-order valence-corrected chi connectivity index (χ3v) is 3.70. The van der Waals surface area contributed by atoms with Crippen LogP contribution in [-0.2, 0) is 0 Å². The summed E-state index contributed by atoms with van der Waals surface area (Å²) in [5.74, 6) is 0. The highest BCUT2D eigenvalue weighted by Gasteiger charge is 2.32. The minimum Gasteiger partial charge on any atom is -0.390 e. The molecule has 4 nitrogen and oxygen atoms in total. The molecule has 0 bridgehead atoms. The van der Waals surface area contributed by atoms with Crippen LogP contribution in [0.5, 0.6) is 0 Å². The smallest absolute Gasteiger partial charge is 0.0831 e. The molecular weight excluding hydrogens is 190 g/mol. The summed E-state index contributed by atoms with van der Waals surface area (Å²) in [6.45, 7) is 10.7. The Labute approximate surface area is 92.2 Å². The van der Waals surface area contributed by atoms with Gasteiger partial charge in [0.1, 0.15) is 0 Å². The maximum Gasteiger partial charge on any atom is 0.0831 e. The van der Waals surface area contributed by atoms with Crippen molar-refractivity contribution in [3.63, 3.8) is 0 Å². The summed E-state index contributed by atoms with van der Waals surface area (Å²) in [5.41, 5.74) is 0. The van der Waals surface area contributed by atoms with Crippen LogP contribution in [0.2, 0.25) is 0 Å². The third kappa shape index (κ3) is 2.50. The van der Waals surface area contributed by atoms with E-state index in [2.05, 4.69) is 29.0 Å². The van der Waals surface area contributed by atoms with Crippen LogP contribution in [0.4, 0.5) is 0 Å². The normalized spacial score (nSPS) is 35.2. The zero-order valence-corrected chi connectivity index (χ0v) is 9.82. The number of aliphatic hydroxyl groups excluding tert-OH is 1. The van der Waals surface area contributed by atoms with Gasteiger partial charge in [-0.15, -0.1) is 0 Å². The molecule has 2 fully saturated rings. The molecule has 0 aromatic rings. The summed E-state index contributed by atoms with van der Waals surface area (Å²) < 4.78 is 0. The van der Waals surface area contributed by atoms with Crippen molar-refractivity contribution >= 4 is 0 Å². The standard InChI is InChI=1S/C11H23N3O/c1-9(2)13-3-5-14(6-4-13)10-7-12-8-11(10)15/h9-12,15H,3-8H2,1-2H3/t10-,11-/m1/s1. The molecule has 0 aliphatic carbocycles. The van der Waals surface area contributed by atoms with Gasteiger partial charge in [-0.2, -0.15) is 0 Å². The third-order valence-electron chi connectivity index (χ3n) is 3.70. The van der Waals surface area contributed by atoms with Crippen molar-refractivity contribution in [2.45, 2.75) is 32.0 Å². The predicted octanol–water partition coefficient (Wildman–Crippen LogP) is -0.655. The molecule has 88 valence electrons. The van der Waals surface area contributed by atoms with Gasteiger partial charge in [0.15, 0.2) is 0 Å². The summed E-state index contributed by atoms with van der Waals surface area (Å²) in [6.07, 6.45) is -0.171. The van der Waals surface area contributed by atoms with Gasteiger partial charge in [0.05, 0.1) is 6.10 Å². The van der Waals surface area contributed by atoms with Crippen molar-refractivity contribution in [3.8, 4) is 0 Å². The number of hydrogen-bond acceptors (Lipinski definition) is 4. The number of nitrogens with one attached hydrogen (secondary N) is 1. The molecule has 0 radical (unpaired) electrons. The molecule has 2 aliphatic heterocycles. The average Bonchev–Trinajstić information content (AvgIpc) is 2.65. The number of β-amino-alcohol motifs (C(OH)–C–C–N with tert-alkyl or cyclic N) is 1. The zero-order chi connectivity index (χ0) is 10.8. The Morgan fingerprint density at radius 3 is 2.27 bits per heavy atom. The van der Waals surface area contributed by atoms with Crippen LogP contribution in [0.25, 0.3) is 0 Å². The Morgan fingerprint density at radius 1 is 1.13 bits per heavy atom. The molecule has 4 heteroatoms. The van der Waals surface area contributed by atoms with Crippen LogP contribution in [0, 0.1) is 0 Å². The summed E-state index contributed by atoms with van der Waals surface area (Å²) in [4.78, 5) is 4.94. The second kappa shape index (κ2) is 4.78. The molecule has 2 N–H and O–H groups in total. The first-order valence-electron chi connectivity index (χ1n) is 6.05. The van der Waals surface area contributed by atoms with Crippen LogP contribution in [0.1, 0.15) is 13.8 Å². The summed E-state index contributed by atoms with van der Waals surface area (Å²) in [6, 6.07) is 0.998.